The van der Waals surface area contributed by atoms with Gasteiger partial charge < -0.3 is 25.8 Å². The molecule has 0 radical (unpaired) electrons. The minimum Gasteiger partial charge on any atom is -0.388 e. The van der Waals surface area contributed by atoms with Gasteiger partial charge in [0.05, 0.1) is 6.10 Å². The molecular weight excluding hydrogens is 266 g/mol. The van der Waals surface area contributed by atoms with Crippen molar-refractivity contribution in [2.75, 3.05) is 0 Å². The van der Waals surface area contributed by atoms with Crippen molar-refractivity contribution in [1.29, 1.82) is 0 Å². The molecule has 1 saturated carbocycles. The van der Waals surface area contributed by atoms with E-state index in [2.05, 4.69) is 0 Å². The van der Waals surface area contributed by atoms with E-state index in [-0.39, 0.29) is 6.04 Å². The molecule has 0 aromatic rings. The van der Waals surface area contributed by atoms with E-state index in [1.807, 2.05) is 0 Å². The van der Waals surface area contributed by atoms with Gasteiger partial charge in [0.15, 0.2) is 0 Å². The van der Waals surface area contributed by atoms with Crippen molar-refractivity contribution in [3.8, 4) is 0 Å². The van der Waals surface area contributed by atoms with Gasteiger partial charge in [-0.15, -0.1) is 11.8 Å². The summed E-state index contributed by atoms with van der Waals surface area (Å²) in [7, 11) is 0. The number of thioether (sulfide) groups is 1. The summed E-state index contributed by atoms with van der Waals surface area (Å²) in [4.78, 5) is 0. The number of ether oxygens (including phenoxy) is 1. The second kappa shape index (κ2) is 6.74. The molecule has 0 bridgehead atoms. The van der Waals surface area contributed by atoms with Crippen LogP contribution in [0.25, 0.3) is 0 Å². The maximum absolute atomic E-state index is 10.0. The quantitative estimate of drug-likeness (QED) is 0.543. The van der Waals surface area contributed by atoms with Crippen LogP contribution in [0, 0.1) is 0 Å². The molecule has 2 rings (SSSR count). The molecule has 112 valence electrons. The Labute approximate surface area is 118 Å². The molecule has 1 heterocycles. The standard InChI is InChI=1S/C13H25NO4S/c1-7-10(15)11(16)12(17)13(18-7)19-9-5-3-2-4-8(14)6-9/h7-13,15-17H,2-6,14H2,1H3/t7-,8?,9?,10+,11+,12-,13-/m0/s1. The summed E-state index contributed by atoms with van der Waals surface area (Å²) in [6.45, 7) is 1.71. The zero-order chi connectivity index (χ0) is 14.0. The second-order valence-corrected chi connectivity index (χ2v) is 7.12. The minimum atomic E-state index is -1.14. The molecule has 2 fully saturated rings. The van der Waals surface area contributed by atoms with Gasteiger partial charge in [-0.25, -0.2) is 0 Å². The molecule has 5 nitrogen and oxygen atoms in total. The lowest BCUT2D eigenvalue weighted by molar-refractivity contribution is -0.192. The van der Waals surface area contributed by atoms with E-state index >= 15 is 0 Å². The maximum Gasteiger partial charge on any atom is 0.132 e. The summed E-state index contributed by atoms with van der Waals surface area (Å²) in [5.41, 5.74) is 5.55. The van der Waals surface area contributed by atoms with Gasteiger partial charge in [0, 0.05) is 11.3 Å². The number of hydrogen-bond acceptors (Lipinski definition) is 6. The van der Waals surface area contributed by atoms with Crippen LogP contribution in [0.3, 0.4) is 0 Å². The molecule has 0 aromatic carbocycles. The minimum absolute atomic E-state index is 0.216. The lowest BCUT2D eigenvalue weighted by Gasteiger charge is -2.40. The van der Waals surface area contributed by atoms with Gasteiger partial charge in [-0.05, 0) is 26.2 Å². The van der Waals surface area contributed by atoms with Crippen LogP contribution in [0.5, 0.6) is 0 Å². The van der Waals surface area contributed by atoms with Crippen LogP contribution in [0.15, 0.2) is 0 Å². The summed E-state index contributed by atoms with van der Waals surface area (Å²) in [5, 5.41) is 29.8. The topological polar surface area (TPSA) is 95.9 Å². The Hall–Kier alpha value is 0.150. The van der Waals surface area contributed by atoms with Gasteiger partial charge in [0.1, 0.15) is 23.7 Å². The van der Waals surface area contributed by atoms with Gasteiger partial charge in [-0.3, -0.25) is 0 Å². The van der Waals surface area contributed by atoms with E-state index in [0.29, 0.717) is 5.25 Å². The molecule has 7 atom stereocenters. The Kier molecular flexibility index (Phi) is 5.51. The van der Waals surface area contributed by atoms with Gasteiger partial charge in [-0.2, -0.15) is 0 Å². The van der Waals surface area contributed by atoms with Crippen molar-refractivity contribution in [2.45, 2.75) is 80.2 Å². The van der Waals surface area contributed by atoms with Crippen LogP contribution in [0.1, 0.15) is 39.0 Å². The predicted octanol–water partition coefficient (Wildman–Crippen LogP) is 0.207. The molecule has 1 aliphatic heterocycles. The third-order valence-electron chi connectivity index (χ3n) is 4.05. The number of aliphatic hydroxyl groups excluding tert-OH is 3. The summed E-state index contributed by atoms with van der Waals surface area (Å²) >= 11 is 1.55. The lowest BCUT2D eigenvalue weighted by atomic mass is 10.0. The van der Waals surface area contributed by atoms with Crippen molar-refractivity contribution >= 4 is 11.8 Å². The Balaban J connectivity index is 1.93. The average Bonchev–Trinajstić information content (AvgIpc) is 2.58. The molecule has 1 aliphatic carbocycles. The molecule has 19 heavy (non-hydrogen) atoms. The smallest absolute Gasteiger partial charge is 0.132 e. The summed E-state index contributed by atoms with van der Waals surface area (Å²) in [6.07, 6.45) is 1.68. The number of rotatable bonds is 2. The summed E-state index contributed by atoms with van der Waals surface area (Å²) in [6, 6.07) is 0.216. The Morgan fingerprint density at radius 2 is 1.74 bits per heavy atom. The van der Waals surface area contributed by atoms with Gasteiger partial charge in [-0.1, -0.05) is 12.8 Å². The largest absolute Gasteiger partial charge is 0.388 e. The van der Waals surface area contributed by atoms with E-state index in [4.69, 9.17) is 10.5 Å². The van der Waals surface area contributed by atoms with Crippen molar-refractivity contribution in [1.82, 2.24) is 0 Å². The van der Waals surface area contributed by atoms with Gasteiger partial charge >= 0.3 is 0 Å². The predicted molar refractivity (Wildman–Crippen MR) is 74.8 cm³/mol. The average molecular weight is 291 g/mol. The fraction of sp³-hybridized carbons (Fsp3) is 1.00. The van der Waals surface area contributed by atoms with Crippen LogP contribution >= 0.6 is 11.8 Å². The Morgan fingerprint density at radius 3 is 2.47 bits per heavy atom. The molecule has 5 N–H and O–H groups in total. The van der Waals surface area contributed by atoms with Crippen LogP contribution < -0.4 is 5.73 Å². The molecule has 0 aromatic heterocycles. The highest BCUT2D eigenvalue weighted by molar-refractivity contribution is 8.00. The fourth-order valence-corrected chi connectivity index (χ4v) is 4.39. The highest BCUT2D eigenvalue weighted by Gasteiger charge is 2.42. The molecule has 0 amide bonds. The first-order valence-electron chi connectivity index (χ1n) is 7.09. The van der Waals surface area contributed by atoms with Crippen molar-refractivity contribution < 1.29 is 20.1 Å². The summed E-state index contributed by atoms with van der Waals surface area (Å²) < 4.78 is 5.62. The molecule has 2 unspecified atom stereocenters. The van der Waals surface area contributed by atoms with E-state index < -0.39 is 29.9 Å². The first-order chi connectivity index (χ1) is 8.99. The maximum atomic E-state index is 10.0. The van der Waals surface area contributed by atoms with Crippen molar-refractivity contribution in [3.63, 3.8) is 0 Å². The van der Waals surface area contributed by atoms with Crippen molar-refractivity contribution in [3.05, 3.63) is 0 Å². The third kappa shape index (κ3) is 3.83. The van der Waals surface area contributed by atoms with Gasteiger partial charge in [0.25, 0.3) is 0 Å². The molecule has 2 aliphatic rings. The van der Waals surface area contributed by atoms with Crippen LogP contribution in [-0.2, 0) is 4.74 Å². The van der Waals surface area contributed by atoms with Crippen LogP contribution in [0.2, 0.25) is 0 Å². The lowest BCUT2D eigenvalue weighted by Crippen LogP contribution is -2.55. The fourth-order valence-electron chi connectivity index (χ4n) is 2.79. The zero-order valence-corrected chi connectivity index (χ0v) is 12.1. The van der Waals surface area contributed by atoms with E-state index in [1.165, 1.54) is 0 Å². The third-order valence-corrected chi connectivity index (χ3v) is 5.52. The first kappa shape index (κ1) is 15.5. The van der Waals surface area contributed by atoms with E-state index in [1.54, 1.807) is 18.7 Å². The van der Waals surface area contributed by atoms with Crippen LogP contribution in [0.4, 0.5) is 0 Å². The molecule has 1 saturated heterocycles. The van der Waals surface area contributed by atoms with E-state index in [0.717, 1.165) is 32.1 Å². The zero-order valence-electron chi connectivity index (χ0n) is 11.3. The highest BCUT2D eigenvalue weighted by Crippen LogP contribution is 2.35. The van der Waals surface area contributed by atoms with Gasteiger partial charge in [0.2, 0.25) is 0 Å². The van der Waals surface area contributed by atoms with Crippen LogP contribution in [-0.4, -0.2) is 56.5 Å². The number of hydrogen-bond donors (Lipinski definition) is 4. The molecule has 0 spiro atoms. The molecule has 6 heteroatoms. The SMILES string of the molecule is C[C@@H]1O[C@@H](SC2CCCCC(N)C2)[C@@H](O)[C@H](O)[C@@H]1O. The Bertz CT molecular complexity index is 294. The number of nitrogens with two attached hydrogens (primary N) is 1. The second-order valence-electron chi connectivity index (χ2n) is 5.72. The molecular formula is C13H25NO4S. The number of aliphatic hydroxyl groups is 3. The first-order valence-corrected chi connectivity index (χ1v) is 8.04. The Morgan fingerprint density at radius 1 is 1.05 bits per heavy atom. The van der Waals surface area contributed by atoms with Crippen molar-refractivity contribution in [2.24, 2.45) is 5.73 Å². The highest BCUT2D eigenvalue weighted by atomic mass is 32.2. The summed E-state index contributed by atoms with van der Waals surface area (Å²) in [5.74, 6) is 0. The van der Waals surface area contributed by atoms with E-state index in [9.17, 15) is 15.3 Å². The normalized spacial score (nSPS) is 48.8. The monoisotopic (exact) mass is 291 g/mol.